The molecule has 3 atom stereocenters. The lowest BCUT2D eigenvalue weighted by atomic mass is 9.57. The van der Waals surface area contributed by atoms with Gasteiger partial charge in [0, 0.05) is 61.9 Å². The van der Waals surface area contributed by atoms with Crippen molar-refractivity contribution in [1.82, 2.24) is 9.80 Å². The van der Waals surface area contributed by atoms with E-state index in [0.717, 1.165) is 64.3 Å². The highest BCUT2D eigenvalue weighted by molar-refractivity contribution is 8.14. The number of carbonyl (C=O) groups is 1. The lowest BCUT2D eigenvalue weighted by molar-refractivity contribution is -0.109. The minimum Gasteiger partial charge on any atom is -0.371 e. The van der Waals surface area contributed by atoms with Gasteiger partial charge in [0.15, 0.2) is 15.0 Å². The number of likely N-dealkylation sites (tertiary alicyclic amines) is 1. The van der Waals surface area contributed by atoms with Crippen LogP contribution in [-0.2, 0) is 26.6 Å². The van der Waals surface area contributed by atoms with Crippen molar-refractivity contribution in [3.63, 3.8) is 0 Å². The Morgan fingerprint density at radius 1 is 0.953 bits per heavy atom. The minimum atomic E-state index is -3.12. The Hall–Kier alpha value is -1.87. The van der Waals surface area contributed by atoms with E-state index < -0.39 is 9.84 Å². The van der Waals surface area contributed by atoms with Crippen molar-refractivity contribution in [2.75, 3.05) is 51.2 Å². The molecule has 4 fully saturated rings. The molecular weight excluding hydrogens is 575 g/mol. The maximum atomic E-state index is 12.6. The summed E-state index contributed by atoms with van der Waals surface area (Å²) >= 11 is 1.62. The van der Waals surface area contributed by atoms with E-state index in [1.54, 1.807) is 24.2 Å². The number of nitrogens with zero attached hydrogens (tertiary/aromatic N) is 3. The third kappa shape index (κ3) is 5.70. The van der Waals surface area contributed by atoms with Gasteiger partial charge in [-0.2, -0.15) is 0 Å². The van der Waals surface area contributed by atoms with Crippen LogP contribution in [-0.4, -0.2) is 80.1 Å². The van der Waals surface area contributed by atoms with Gasteiger partial charge in [-0.3, -0.25) is 4.79 Å². The summed E-state index contributed by atoms with van der Waals surface area (Å²) < 4.78 is 25.1. The zero-order chi connectivity index (χ0) is 29.8. The maximum absolute atomic E-state index is 12.6. The van der Waals surface area contributed by atoms with Crippen LogP contribution in [0.25, 0.3) is 0 Å². The lowest BCUT2D eigenvalue weighted by Crippen LogP contribution is -2.58. The molecule has 0 N–H and O–H groups in total. The summed E-state index contributed by atoms with van der Waals surface area (Å²) in [5.41, 5.74) is 4.33. The normalized spacial score (nSPS) is 29.4. The second-order valence-electron chi connectivity index (χ2n) is 14.1. The fraction of sp³-hybridized carbons (Fsp3) is 0.629. The van der Waals surface area contributed by atoms with E-state index in [-0.39, 0.29) is 15.8 Å². The van der Waals surface area contributed by atoms with Crippen molar-refractivity contribution in [1.29, 1.82) is 0 Å². The Balaban J connectivity index is 1.01. The number of thioether (sulfide) groups is 1. The van der Waals surface area contributed by atoms with E-state index in [2.05, 4.69) is 46.0 Å². The van der Waals surface area contributed by atoms with E-state index in [0.29, 0.717) is 27.9 Å². The highest BCUT2D eigenvalue weighted by Gasteiger charge is 2.54. The smallest absolute Gasteiger partial charge is 0.186 e. The zero-order valence-electron chi connectivity index (χ0n) is 25.8. The highest BCUT2D eigenvalue weighted by Crippen LogP contribution is 2.55. The fourth-order valence-electron chi connectivity index (χ4n) is 9.14. The molecule has 0 spiro atoms. The van der Waals surface area contributed by atoms with Crippen molar-refractivity contribution in [2.24, 2.45) is 17.8 Å². The SMILES string of the molecule is CC(=O)S[C@@H]1CCC[C@H]1C1(C2CCN(CC3CN(c4ccc(S(=O)(=O)C5CC5)cc4)C3)CC2)CN(C)Cc2ccccc21. The molecule has 0 aromatic heterocycles. The Morgan fingerprint density at radius 3 is 2.37 bits per heavy atom. The van der Waals surface area contributed by atoms with E-state index in [4.69, 9.17) is 0 Å². The molecule has 0 bridgehead atoms. The van der Waals surface area contributed by atoms with Gasteiger partial charge in [-0.15, -0.1) is 0 Å². The molecule has 2 aliphatic carbocycles. The number of rotatable bonds is 8. The Labute approximate surface area is 262 Å². The van der Waals surface area contributed by atoms with Gasteiger partial charge in [-0.1, -0.05) is 42.4 Å². The maximum Gasteiger partial charge on any atom is 0.186 e. The van der Waals surface area contributed by atoms with Crippen molar-refractivity contribution >= 4 is 32.4 Å². The lowest BCUT2D eigenvalue weighted by Gasteiger charge is -2.55. The summed E-state index contributed by atoms with van der Waals surface area (Å²) in [6.45, 7) is 9.42. The molecule has 232 valence electrons. The molecule has 2 saturated heterocycles. The number of anilines is 1. The predicted molar refractivity (Wildman–Crippen MR) is 175 cm³/mol. The van der Waals surface area contributed by atoms with Crippen LogP contribution in [0.4, 0.5) is 5.69 Å². The molecule has 2 aromatic carbocycles. The standard InChI is InChI=1S/C35H47N3O3S2/c1-25(39)42-34-9-5-8-33(34)35(24-36(2)23-27-6-3-4-7-32(27)35)28-16-18-37(19-17-28)20-26-21-38(22-26)29-10-12-30(13-11-29)43(40,41)31-14-15-31/h3-4,6-7,10-13,26,28,31,33-34H,5,8-9,14-24H2,1-2H3/t33-,34-,35?/m1/s1. The third-order valence-electron chi connectivity index (χ3n) is 11.2. The molecule has 0 radical (unpaired) electrons. The summed E-state index contributed by atoms with van der Waals surface area (Å²) in [5.74, 6) is 1.84. The number of benzene rings is 2. The largest absolute Gasteiger partial charge is 0.371 e. The predicted octanol–water partition coefficient (Wildman–Crippen LogP) is 5.60. The number of hydrogen-bond donors (Lipinski definition) is 0. The van der Waals surface area contributed by atoms with Crippen LogP contribution < -0.4 is 4.90 Å². The molecule has 43 heavy (non-hydrogen) atoms. The average molecular weight is 622 g/mol. The van der Waals surface area contributed by atoms with Crippen molar-refractivity contribution in [2.45, 2.75) is 79.2 Å². The summed E-state index contributed by atoms with van der Waals surface area (Å²) in [4.78, 5) is 20.4. The van der Waals surface area contributed by atoms with Crippen molar-refractivity contribution in [3.8, 4) is 0 Å². The number of sulfone groups is 1. The van der Waals surface area contributed by atoms with Gasteiger partial charge in [0.25, 0.3) is 0 Å². The van der Waals surface area contributed by atoms with E-state index in [9.17, 15) is 13.2 Å². The summed E-state index contributed by atoms with van der Waals surface area (Å²) in [7, 11) is -0.826. The first-order valence-corrected chi connectivity index (χ1v) is 18.9. The molecular formula is C35H47N3O3S2. The van der Waals surface area contributed by atoms with Gasteiger partial charge in [-0.05, 0) is 106 Å². The second kappa shape index (κ2) is 11.8. The van der Waals surface area contributed by atoms with Gasteiger partial charge >= 0.3 is 0 Å². The quantitative estimate of drug-likeness (QED) is 0.380. The van der Waals surface area contributed by atoms with E-state index in [1.807, 2.05) is 24.3 Å². The van der Waals surface area contributed by atoms with E-state index >= 15 is 0 Å². The zero-order valence-corrected chi connectivity index (χ0v) is 27.4. The molecule has 6 nitrogen and oxygen atoms in total. The summed E-state index contributed by atoms with van der Waals surface area (Å²) in [6, 6.07) is 16.8. The molecule has 5 aliphatic rings. The van der Waals surface area contributed by atoms with Crippen LogP contribution in [0.2, 0.25) is 0 Å². The Morgan fingerprint density at radius 2 is 1.67 bits per heavy atom. The van der Waals surface area contributed by atoms with Gasteiger partial charge in [0.1, 0.15) is 0 Å². The molecule has 2 aromatic rings. The summed E-state index contributed by atoms with van der Waals surface area (Å²) in [6.07, 6.45) is 7.70. The number of piperidine rings is 1. The molecule has 3 aliphatic heterocycles. The topological polar surface area (TPSA) is 60.9 Å². The molecule has 7 rings (SSSR count). The Bertz CT molecular complexity index is 1430. The van der Waals surface area contributed by atoms with Crippen LogP contribution >= 0.6 is 11.8 Å². The van der Waals surface area contributed by atoms with Crippen LogP contribution in [0.15, 0.2) is 53.4 Å². The first-order valence-electron chi connectivity index (χ1n) is 16.5. The molecule has 1 unspecified atom stereocenters. The van der Waals surface area contributed by atoms with Gasteiger partial charge in [0.2, 0.25) is 0 Å². The number of hydrogen-bond acceptors (Lipinski definition) is 7. The van der Waals surface area contributed by atoms with Gasteiger partial charge in [-0.25, -0.2) is 8.42 Å². The second-order valence-corrected chi connectivity index (χ2v) is 17.8. The fourth-order valence-corrected chi connectivity index (χ4v) is 12.0. The van der Waals surface area contributed by atoms with E-state index in [1.165, 1.54) is 37.7 Å². The average Bonchev–Trinajstić information content (AvgIpc) is 3.75. The summed E-state index contributed by atoms with van der Waals surface area (Å²) in [5, 5.41) is 0.547. The van der Waals surface area contributed by atoms with Crippen molar-refractivity contribution in [3.05, 3.63) is 59.7 Å². The first kappa shape index (κ1) is 29.8. The molecule has 0 amide bonds. The third-order valence-corrected chi connectivity index (χ3v) is 14.7. The molecule has 8 heteroatoms. The van der Waals surface area contributed by atoms with Gasteiger partial charge in [0.05, 0.1) is 10.1 Å². The van der Waals surface area contributed by atoms with Crippen LogP contribution in [0, 0.1) is 17.8 Å². The molecule has 3 heterocycles. The van der Waals surface area contributed by atoms with Crippen molar-refractivity contribution < 1.29 is 13.2 Å². The van der Waals surface area contributed by atoms with Crippen LogP contribution in [0.3, 0.4) is 0 Å². The number of carbonyl (C=O) groups excluding carboxylic acids is 1. The number of fused-ring (bicyclic) bond motifs is 1. The van der Waals surface area contributed by atoms with Gasteiger partial charge < -0.3 is 14.7 Å². The van der Waals surface area contributed by atoms with Crippen LogP contribution in [0.5, 0.6) is 0 Å². The highest BCUT2D eigenvalue weighted by atomic mass is 32.2. The molecule has 2 saturated carbocycles. The first-order chi connectivity index (χ1) is 20.7. The van der Waals surface area contributed by atoms with Crippen LogP contribution in [0.1, 0.15) is 63.0 Å². The minimum absolute atomic E-state index is 0.117. The number of likely N-dealkylation sites (N-methyl/N-ethyl adjacent to an activating group) is 1. The monoisotopic (exact) mass is 621 g/mol. The Kier molecular flexibility index (Phi) is 8.19.